The van der Waals surface area contributed by atoms with Gasteiger partial charge >= 0.3 is 0 Å². The van der Waals surface area contributed by atoms with Crippen LogP contribution in [0.2, 0.25) is 0 Å². The molecule has 2 N–H and O–H groups in total. The van der Waals surface area contributed by atoms with Gasteiger partial charge < -0.3 is 15.0 Å². The molecular weight excluding hydrogens is 412 g/mol. The average molecular weight is 435 g/mol. The summed E-state index contributed by atoms with van der Waals surface area (Å²) in [5.41, 5.74) is 2.40. The van der Waals surface area contributed by atoms with Crippen molar-refractivity contribution in [2.24, 2.45) is 0 Å². The molecule has 7 nitrogen and oxygen atoms in total. The summed E-state index contributed by atoms with van der Waals surface area (Å²) in [5, 5.41) is 4.20. The van der Waals surface area contributed by atoms with Crippen LogP contribution in [-0.2, 0) is 11.3 Å². The number of carbonyl (C=O) groups is 1. The summed E-state index contributed by atoms with van der Waals surface area (Å²) in [5.74, 6) is 0.678. The van der Waals surface area contributed by atoms with Crippen LogP contribution in [0.25, 0.3) is 21.9 Å². The Morgan fingerprint density at radius 3 is 2.77 bits per heavy atom. The van der Waals surface area contributed by atoms with Crippen LogP contribution in [0.3, 0.4) is 0 Å². The maximum Gasteiger partial charge on any atom is 0.278 e. The SMILES string of the molecule is C=CCn1c(SCC(=O)Nc2ccc(OCC)cc2)nc2c([nH]c3ccccc32)c1=O. The van der Waals surface area contributed by atoms with Crippen molar-refractivity contribution in [1.82, 2.24) is 14.5 Å². The van der Waals surface area contributed by atoms with Crippen LogP contribution >= 0.6 is 11.8 Å². The van der Waals surface area contributed by atoms with Crippen molar-refractivity contribution in [3.63, 3.8) is 0 Å². The van der Waals surface area contributed by atoms with Gasteiger partial charge in [-0.25, -0.2) is 4.98 Å². The van der Waals surface area contributed by atoms with E-state index in [1.807, 2.05) is 31.2 Å². The number of carbonyl (C=O) groups excluding carboxylic acids is 1. The molecule has 0 atom stereocenters. The summed E-state index contributed by atoms with van der Waals surface area (Å²) < 4.78 is 6.94. The quantitative estimate of drug-likeness (QED) is 0.247. The first-order chi connectivity index (χ1) is 15.1. The predicted molar refractivity (Wildman–Crippen MR) is 125 cm³/mol. The number of hydrogen-bond donors (Lipinski definition) is 2. The van der Waals surface area contributed by atoms with Gasteiger partial charge in [-0.2, -0.15) is 0 Å². The number of fused-ring (bicyclic) bond motifs is 3. The number of rotatable bonds is 8. The Bertz CT molecular complexity index is 1310. The van der Waals surface area contributed by atoms with Crippen molar-refractivity contribution in [2.75, 3.05) is 17.7 Å². The number of aromatic nitrogens is 3. The number of aromatic amines is 1. The Hall–Kier alpha value is -3.52. The van der Waals surface area contributed by atoms with Gasteiger partial charge in [0, 0.05) is 23.1 Å². The third kappa shape index (κ3) is 4.34. The van der Waals surface area contributed by atoms with Crippen LogP contribution < -0.4 is 15.6 Å². The molecule has 158 valence electrons. The maximum absolute atomic E-state index is 13.0. The van der Waals surface area contributed by atoms with E-state index in [0.717, 1.165) is 16.7 Å². The Morgan fingerprint density at radius 1 is 1.26 bits per heavy atom. The highest BCUT2D eigenvalue weighted by molar-refractivity contribution is 7.99. The molecule has 8 heteroatoms. The van der Waals surface area contributed by atoms with E-state index in [1.165, 1.54) is 16.3 Å². The van der Waals surface area contributed by atoms with Crippen molar-refractivity contribution in [2.45, 2.75) is 18.6 Å². The van der Waals surface area contributed by atoms with Gasteiger partial charge in [-0.3, -0.25) is 14.2 Å². The molecule has 0 aliphatic carbocycles. The van der Waals surface area contributed by atoms with Gasteiger partial charge in [-0.05, 0) is 37.3 Å². The first-order valence-electron chi connectivity index (χ1n) is 9.88. The van der Waals surface area contributed by atoms with E-state index >= 15 is 0 Å². The topological polar surface area (TPSA) is 89.0 Å². The lowest BCUT2D eigenvalue weighted by Crippen LogP contribution is -2.23. The van der Waals surface area contributed by atoms with E-state index in [2.05, 4.69) is 16.9 Å². The van der Waals surface area contributed by atoms with E-state index in [9.17, 15) is 9.59 Å². The second-order valence-electron chi connectivity index (χ2n) is 6.79. The number of nitrogens with zero attached hydrogens (tertiary/aromatic N) is 2. The number of thioether (sulfide) groups is 1. The number of allylic oxidation sites excluding steroid dienone is 1. The van der Waals surface area contributed by atoms with Crippen LogP contribution in [0, 0.1) is 0 Å². The Morgan fingerprint density at radius 2 is 2.03 bits per heavy atom. The fourth-order valence-electron chi connectivity index (χ4n) is 3.30. The highest BCUT2D eigenvalue weighted by atomic mass is 32.2. The van der Waals surface area contributed by atoms with E-state index in [4.69, 9.17) is 9.72 Å². The van der Waals surface area contributed by atoms with E-state index in [1.54, 1.807) is 30.3 Å². The summed E-state index contributed by atoms with van der Waals surface area (Å²) in [7, 11) is 0. The maximum atomic E-state index is 13.0. The molecule has 0 saturated carbocycles. The second kappa shape index (κ2) is 9.09. The lowest BCUT2D eigenvalue weighted by atomic mass is 10.2. The molecule has 31 heavy (non-hydrogen) atoms. The number of amides is 1. The second-order valence-corrected chi connectivity index (χ2v) is 7.73. The van der Waals surface area contributed by atoms with Gasteiger partial charge in [0.2, 0.25) is 5.91 Å². The fourth-order valence-corrected chi connectivity index (χ4v) is 4.11. The molecule has 0 unspecified atom stereocenters. The highest BCUT2D eigenvalue weighted by Crippen LogP contribution is 2.25. The van der Waals surface area contributed by atoms with Crippen molar-refractivity contribution < 1.29 is 9.53 Å². The van der Waals surface area contributed by atoms with Crippen molar-refractivity contribution >= 4 is 45.3 Å². The number of nitrogens with one attached hydrogen (secondary N) is 2. The minimum absolute atomic E-state index is 0.116. The summed E-state index contributed by atoms with van der Waals surface area (Å²) in [6.45, 7) is 6.54. The molecule has 2 aromatic heterocycles. The Balaban J connectivity index is 1.57. The van der Waals surface area contributed by atoms with Crippen LogP contribution in [0.5, 0.6) is 5.75 Å². The molecule has 0 fully saturated rings. The number of hydrogen-bond acceptors (Lipinski definition) is 5. The summed E-state index contributed by atoms with van der Waals surface area (Å²) >= 11 is 1.22. The number of para-hydroxylation sites is 1. The molecule has 4 rings (SSSR count). The molecule has 1 amide bonds. The van der Waals surface area contributed by atoms with Gasteiger partial charge in [0.25, 0.3) is 5.56 Å². The van der Waals surface area contributed by atoms with Crippen molar-refractivity contribution in [1.29, 1.82) is 0 Å². The lowest BCUT2D eigenvalue weighted by molar-refractivity contribution is -0.113. The molecule has 4 aromatic rings. The third-order valence-electron chi connectivity index (χ3n) is 4.67. The fraction of sp³-hybridized carbons (Fsp3) is 0.174. The number of benzene rings is 2. The normalized spacial score (nSPS) is 11.0. The van der Waals surface area contributed by atoms with E-state index in [-0.39, 0.29) is 17.2 Å². The highest BCUT2D eigenvalue weighted by Gasteiger charge is 2.16. The Kier molecular flexibility index (Phi) is 6.08. The zero-order valence-corrected chi connectivity index (χ0v) is 17.9. The van der Waals surface area contributed by atoms with Gasteiger partial charge in [-0.1, -0.05) is 36.0 Å². The molecule has 2 heterocycles. The number of H-pyrrole nitrogens is 1. The van der Waals surface area contributed by atoms with E-state index in [0.29, 0.717) is 35.0 Å². The molecule has 0 saturated heterocycles. The lowest BCUT2D eigenvalue weighted by Gasteiger charge is -2.10. The first-order valence-corrected chi connectivity index (χ1v) is 10.9. The van der Waals surface area contributed by atoms with Crippen LogP contribution in [-0.4, -0.2) is 32.8 Å². The number of anilines is 1. The number of ether oxygens (including phenoxy) is 1. The minimum Gasteiger partial charge on any atom is -0.494 e. The van der Waals surface area contributed by atoms with Gasteiger partial charge in [0.05, 0.1) is 12.4 Å². The van der Waals surface area contributed by atoms with Crippen molar-refractivity contribution in [3.8, 4) is 5.75 Å². The zero-order valence-electron chi connectivity index (χ0n) is 17.1. The first kappa shape index (κ1) is 20.7. The van der Waals surface area contributed by atoms with Crippen molar-refractivity contribution in [3.05, 3.63) is 71.5 Å². The molecule has 0 aliphatic rings. The summed E-state index contributed by atoms with van der Waals surface area (Å²) in [4.78, 5) is 33.4. The van der Waals surface area contributed by atoms with Crippen LogP contribution in [0.4, 0.5) is 5.69 Å². The standard InChI is InChI=1S/C23H22N4O3S/c1-3-13-27-22(29)21-20(17-7-5-6-8-18(17)25-21)26-23(27)31-14-19(28)24-15-9-11-16(12-10-15)30-4-2/h3,5-12,25H,1,4,13-14H2,2H3,(H,24,28). The predicted octanol–water partition coefficient (Wildman–Crippen LogP) is 4.19. The largest absolute Gasteiger partial charge is 0.494 e. The smallest absolute Gasteiger partial charge is 0.278 e. The molecule has 0 aliphatic heterocycles. The molecular formula is C23H22N4O3S. The molecule has 0 spiro atoms. The Labute approximate surface area is 183 Å². The minimum atomic E-state index is -0.187. The van der Waals surface area contributed by atoms with E-state index < -0.39 is 0 Å². The zero-order chi connectivity index (χ0) is 21.8. The molecule has 0 radical (unpaired) electrons. The van der Waals surface area contributed by atoms with Crippen LogP contribution in [0.1, 0.15) is 6.92 Å². The third-order valence-corrected chi connectivity index (χ3v) is 5.65. The molecule has 2 aromatic carbocycles. The average Bonchev–Trinajstić information content (AvgIpc) is 3.15. The van der Waals surface area contributed by atoms with Gasteiger partial charge in [0.15, 0.2) is 5.16 Å². The van der Waals surface area contributed by atoms with Crippen LogP contribution in [0.15, 0.2) is 71.1 Å². The van der Waals surface area contributed by atoms with Gasteiger partial charge in [-0.15, -0.1) is 6.58 Å². The molecule has 0 bridgehead atoms. The summed E-state index contributed by atoms with van der Waals surface area (Å²) in [6, 6.07) is 14.8. The summed E-state index contributed by atoms with van der Waals surface area (Å²) in [6.07, 6.45) is 1.64. The monoisotopic (exact) mass is 434 g/mol. The van der Waals surface area contributed by atoms with Gasteiger partial charge in [0.1, 0.15) is 16.8 Å².